The zero-order valence-electron chi connectivity index (χ0n) is 14.0. The normalized spacial score (nSPS) is 15.7. The van der Waals surface area contributed by atoms with Gasteiger partial charge in [-0.05, 0) is 37.9 Å². The summed E-state index contributed by atoms with van der Waals surface area (Å²) in [7, 11) is 0. The standard InChI is InChI=1S/C17H23FN6/c1-11(2)16(19)13-4-3-5-14(18)17(13)21-15-10-24(23-22-15)12-6-8-20-9-7-12/h3-5,10-12,19-21H,6-9H2,1-2H3. The lowest BCUT2D eigenvalue weighted by atomic mass is 9.98. The Morgan fingerprint density at radius 1 is 1.38 bits per heavy atom. The highest BCUT2D eigenvalue weighted by molar-refractivity contribution is 6.04. The summed E-state index contributed by atoms with van der Waals surface area (Å²) in [6.07, 6.45) is 3.82. The van der Waals surface area contributed by atoms with Crippen LogP contribution in [0.25, 0.3) is 0 Å². The van der Waals surface area contributed by atoms with Gasteiger partial charge in [-0.25, -0.2) is 9.07 Å². The van der Waals surface area contributed by atoms with Crippen LogP contribution in [0.1, 0.15) is 38.3 Å². The monoisotopic (exact) mass is 330 g/mol. The Bertz CT molecular complexity index is 718. The fraction of sp³-hybridized carbons (Fsp3) is 0.471. The molecule has 1 saturated heterocycles. The lowest BCUT2D eigenvalue weighted by Gasteiger charge is -2.22. The molecule has 1 aromatic heterocycles. The third-order valence-electron chi connectivity index (χ3n) is 4.33. The van der Waals surface area contributed by atoms with Crippen LogP contribution in [0, 0.1) is 17.1 Å². The highest BCUT2D eigenvalue weighted by Gasteiger charge is 2.19. The van der Waals surface area contributed by atoms with Gasteiger partial charge < -0.3 is 16.0 Å². The number of nitrogens with zero attached hydrogens (tertiary/aromatic N) is 3. The first-order valence-electron chi connectivity index (χ1n) is 8.33. The van der Waals surface area contributed by atoms with Gasteiger partial charge in [-0.15, -0.1) is 5.10 Å². The quantitative estimate of drug-likeness (QED) is 0.736. The molecule has 6 nitrogen and oxygen atoms in total. The minimum Gasteiger partial charge on any atom is -0.334 e. The molecule has 128 valence electrons. The van der Waals surface area contributed by atoms with E-state index in [0.29, 0.717) is 23.1 Å². The van der Waals surface area contributed by atoms with Gasteiger partial charge in [0.25, 0.3) is 0 Å². The molecule has 1 aromatic carbocycles. The van der Waals surface area contributed by atoms with Crippen LogP contribution in [0.2, 0.25) is 0 Å². The molecule has 0 bridgehead atoms. The van der Waals surface area contributed by atoms with E-state index in [0.717, 1.165) is 25.9 Å². The number of aromatic nitrogens is 3. The topological polar surface area (TPSA) is 78.6 Å². The molecule has 0 saturated carbocycles. The molecule has 0 aliphatic carbocycles. The van der Waals surface area contributed by atoms with Gasteiger partial charge in [0.1, 0.15) is 5.82 Å². The van der Waals surface area contributed by atoms with E-state index in [1.165, 1.54) is 6.07 Å². The summed E-state index contributed by atoms with van der Waals surface area (Å²) in [5.74, 6) is 0.114. The molecule has 0 amide bonds. The maximum absolute atomic E-state index is 14.3. The number of para-hydroxylation sites is 1. The van der Waals surface area contributed by atoms with E-state index in [2.05, 4.69) is 20.9 Å². The van der Waals surface area contributed by atoms with Crippen molar-refractivity contribution in [2.24, 2.45) is 5.92 Å². The maximum Gasteiger partial charge on any atom is 0.173 e. The van der Waals surface area contributed by atoms with Crippen molar-refractivity contribution in [1.82, 2.24) is 20.3 Å². The molecular weight excluding hydrogens is 307 g/mol. The summed E-state index contributed by atoms with van der Waals surface area (Å²) in [5.41, 5.74) is 1.23. The van der Waals surface area contributed by atoms with E-state index in [1.54, 1.807) is 12.1 Å². The Hall–Kier alpha value is -2.28. The molecule has 7 heteroatoms. The predicted octanol–water partition coefficient (Wildman–Crippen LogP) is 3.11. The van der Waals surface area contributed by atoms with E-state index in [1.807, 2.05) is 24.7 Å². The number of benzene rings is 1. The first kappa shape index (κ1) is 16.6. The van der Waals surface area contributed by atoms with Gasteiger partial charge in [0.2, 0.25) is 0 Å². The van der Waals surface area contributed by atoms with Crippen molar-refractivity contribution in [3.63, 3.8) is 0 Å². The van der Waals surface area contributed by atoms with Crippen molar-refractivity contribution in [2.45, 2.75) is 32.7 Å². The van der Waals surface area contributed by atoms with Crippen LogP contribution in [0.15, 0.2) is 24.4 Å². The predicted molar refractivity (Wildman–Crippen MR) is 92.5 cm³/mol. The zero-order valence-corrected chi connectivity index (χ0v) is 14.0. The van der Waals surface area contributed by atoms with Gasteiger partial charge in [0, 0.05) is 11.3 Å². The number of hydrogen-bond donors (Lipinski definition) is 3. The second-order valence-electron chi connectivity index (χ2n) is 6.42. The first-order valence-corrected chi connectivity index (χ1v) is 8.33. The Labute approximate surface area is 141 Å². The van der Waals surface area contributed by atoms with Gasteiger partial charge in [0.05, 0.1) is 17.9 Å². The molecule has 1 aliphatic heterocycles. The largest absolute Gasteiger partial charge is 0.334 e. The third-order valence-corrected chi connectivity index (χ3v) is 4.33. The molecule has 0 atom stereocenters. The van der Waals surface area contributed by atoms with E-state index >= 15 is 0 Å². The van der Waals surface area contributed by atoms with E-state index in [4.69, 9.17) is 5.41 Å². The SMILES string of the molecule is CC(C)C(=N)c1cccc(F)c1Nc1cn(C2CCNCC2)nn1. The summed E-state index contributed by atoms with van der Waals surface area (Å²) in [5, 5.41) is 22.8. The lowest BCUT2D eigenvalue weighted by molar-refractivity contribution is 0.337. The van der Waals surface area contributed by atoms with Crippen LogP contribution in [-0.2, 0) is 0 Å². The van der Waals surface area contributed by atoms with Gasteiger partial charge in [-0.3, -0.25) is 0 Å². The minimum atomic E-state index is -0.394. The highest BCUT2D eigenvalue weighted by Crippen LogP contribution is 2.26. The van der Waals surface area contributed by atoms with Gasteiger partial charge in [0.15, 0.2) is 5.82 Å². The van der Waals surface area contributed by atoms with Crippen LogP contribution < -0.4 is 10.6 Å². The second-order valence-corrected chi connectivity index (χ2v) is 6.42. The number of halogens is 1. The maximum atomic E-state index is 14.3. The Balaban J connectivity index is 1.83. The molecular formula is C17H23FN6. The van der Waals surface area contributed by atoms with Crippen molar-refractivity contribution >= 4 is 17.2 Å². The average Bonchev–Trinajstić information content (AvgIpc) is 3.05. The fourth-order valence-electron chi connectivity index (χ4n) is 2.90. The molecule has 2 aromatic rings. The Morgan fingerprint density at radius 2 is 2.12 bits per heavy atom. The molecule has 24 heavy (non-hydrogen) atoms. The summed E-state index contributed by atoms with van der Waals surface area (Å²) in [4.78, 5) is 0. The molecule has 2 heterocycles. The van der Waals surface area contributed by atoms with Crippen LogP contribution in [0.5, 0.6) is 0 Å². The molecule has 0 unspecified atom stereocenters. The van der Waals surface area contributed by atoms with Crippen molar-refractivity contribution in [3.8, 4) is 0 Å². The highest BCUT2D eigenvalue weighted by atomic mass is 19.1. The van der Waals surface area contributed by atoms with E-state index in [-0.39, 0.29) is 11.6 Å². The van der Waals surface area contributed by atoms with E-state index in [9.17, 15) is 4.39 Å². The van der Waals surface area contributed by atoms with Gasteiger partial charge in [-0.2, -0.15) is 0 Å². The smallest absolute Gasteiger partial charge is 0.173 e. The van der Waals surface area contributed by atoms with Crippen molar-refractivity contribution in [1.29, 1.82) is 5.41 Å². The van der Waals surface area contributed by atoms with Crippen LogP contribution >= 0.6 is 0 Å². The Morgan fingerprint density at radius 3 is 2.83 bits per heavy atom. The van der Waals surface area contributed by atoms with Gasteiger partial charge >= 0.3 is 0 Å². The summed E-state index contributed by atoms with van der Waals surface area (Å²) >= 11 is 0. The van der Waals surface area contributed by atoms with E-state index < -0.39 is 5.82 Å². The number of nitrogens with one attached hydrogen (secondary N) is 3. The first-order chi connectivity index (χ1) is 11.6. The van der Waals surface area contributed by atoms with Crippen LogP contribution in [0.4, 0.5) is 15.9 Å². The molecule has 3 N–H and O–H groups in total. The summed E-state index contributed by atoms with van der Waals surface area (Å²) in [6, 6.07) is 5.09. The average molecular weight is 330 g/mol. The minimum absolute atomic E-state index is 0.0118. The third kappa shape index (κ3) is 3.46. The molecule has 0 spiro atoms. The molecule has 0 radical (unpaired) electrons. The van der Waals surface area contributed by atoms with Crippen LogP contribution in [0.3, 0.4) is 0 Å². The zero-order chi connectivity index (χ0) is 17.1. The summed E-state index contributed by atoms with van der Waals surface area (Å²) in [6.45, 7) is 5.78. The second kappa shape index (κ2) is 7.09. The number of anilines is 2. The lowest BCUT2D eigenvalue weighted by Crippen LogP contribution is -2.29. The van der Waals surface area contributed by atoms with Crippen molar-refractivity contribution in [2.75, 3.05) is 18.4 Å². The van der Waals surface area contributed by atoms with Crippen molar-refractivity contribution < 1.29 is 4.39 Å². The summed E-state index contributed by atoms with van der Waals surface area (Å²) < 4.78 is 16.1. The molecule has 3 rings (SSSR count). The number of hydrogen-bond acceptors (Lipinski definition) is 5. The number of rotatable bonds is 5. The number of piperidine rings is 1. The Kier molecular flexibility index (Phi) is 4.89. The fourth-order valence-corrected chi connectivity index (χ4v) is 2.90. The van der Waals surface area contributed by atoms with Gasteiger partial charge in [-0.1, -0.05) is 31.2 Å². The molecule has 1 aliphatic rings. The molecule has 1 fully saturated rings. The van der Waals surface area contributed by atoms with Crippen LogP contribution in [-0.4, -0.2) is 33.8 Å². The van der Waals surface area contributed by atoms with Crippen molar-refractivity contribution in [3.05, 3.63) is 35.8 Å².